The van der Waals surface area contributed by atoms with E-state index in [1.165, 1.54) is 5.56 Å². The minimum atomic E-state index is -0.778. The van der Waals surface area contributed by atoms with Gasteiger partial charge in [0.25, 0.3) is 0 Å². The van der Waals surface area contributed by atoms with Crippen molar-refractivity contribution < 1.29 is 9.90 Å². The molecular formula is C14H17NO2. The molecule has 17 heavy (non-hydrogen) atoms. The molecule has 0 spiro atoms. The molecule has 0 aliphatic rings. The summed E-state index contributed by atoms with van der Waals surface area (Å²) < 4.78 is 1.99. The van der Waals surface area contributed by atoms with Gasteiger partial charge in [-0.3, -0.25) is 4.79 Å². The minimum Gasteiger partial charge on any atom is -0.481 e. The quantitative estimate of drug-likeness (QED) is 0.882. The predicted molar refractivity (Wildman–Crippen MR) is 68.3 cm³/mol. The maximum Gasteiger partial charge on any atom is 0.310 e. The molecule has 0 amide bonds. The lowest BCUT2D eigenvalue weighted by molar-refractivity contribution is -0.138. The number of aliphatic carboxylic acids is 1. The molecule has 0 aliphatic heterocycles. The molecule has 3 nitrogen and oxygen atoms in total. The van der Waals surface area contributed by atoms with Crippen LogP contribution < -0.4 is 0 Å². The molecule has 0 radical (unpaired) electrons. The van der Waals surface area contributed by atoms with Gasteiger partial charge < -0.3 is 9.67 Å². The molecule has 0 saturated carbocycles. The SMILES string of the molecule is CCc1ccc2c(c1)c(C(C)C(=O)O)cn2C. The zero-order chi connectivity index (χ0) is 12.6. The summed E-state index contributed by atoms with van der Waals surface area (Å²) in [5.74, 6) is -1.25. The van der Waals surface area contributed by atoms with E-state index in [1.54, 1.807) is 6.92 Å². The van der Waals surface area contributed by atoms with Gasteiger partial charge in [0, 0.05) is 24.1 Å². The standard InChI is InChI=1S/C14H17NO2/c1-4-10-5-6-13-11(7-10)12(8-15(13)3)9(2)14(16)17/h5-9H,4H2,1-3H3,(H,16,17). The number of carbonyl (C=O) groups is 1. The molecular weight excluding hydrogens is 214 g/mol. The molecule has 0 fully saturated rings. The molecule has 1 N–H and O–H groups in total. The van der Waals surface area contributed by atoms with E-state index in [0.29, 0.717) is 0 Å². The van der Waals surface area contributed by atoms with Gasteiger partial charge in [-0.2, -0.15) is 0 Å². The molecule has 90 valence electrons. The number of carboxylic acid groups (broad SMARTS) is 1. The van der Waals surface area contributed by atoms with Crippen LogP contribution in [0.25, 0.3) is 10.9 Å². The molecule has 0 saturated heterocycles. The Balaban J connectivity index is 2.67. The highest BCUT2D eigenvalue weighted by Gasteiger charge is 2.18. The minimum absolute atomic E-state index is 0.467. The fourth-order valence-corrected chi connectivity index (χ4v) is 2.17. The maximum absolute atomic E-state index is 11.1. The Labute approximate surface area is 101 Å². The lowest BCUT2D eigenvalue weighted by atomic mass is 9.99. The van der Waals surface area contributed by atoms with Crippen molar-refractivity contribution in [3.63, 3.8) is 0 Å². The Morgan fingerprint density at radius 2 is 2.18 bits per heavy atom. The average Bonchev–Trinajstić information content (AvgIpc) is 2.65. The second kappa shape index (κ2) is 4.24. The summed E-state index contributed by atoms with van der Waals surface area (Å²) >= 11 is 0. The second-order valence-corrected chi connectivity index (χ2v) is 4.46. The van der Waals surface area contributed by atoms with Crippen LogP contribution in [0.4, 0.5) is 0 Å². The van der Waals surface area contributed by atoms with Crippen molar-refractivity contribution in [3.05, 3.63) is 35.5 Å². The van der Waals surface area contributed by atoms with Crippen LogP contribution in [-0.4, -0.2) is 15.6 Å². The lowest BCUT2D eigenvalue weighted by Gasteiger charge is -2.05. The van der Waals surface area contributed by atoms with Crippen molar-refractivity contribution >= 4 is 16.9 Å². The Hall–Kier alpha value is -1.77. The highest BCUT2D eigenvalue weighted by atomic mass is 16.4. The number of fused-ring (bicyclic) bond motifs is 1. The molecule has 1 atom stereocenters. The first kappa shape index (κ1) is 11.7. The molecule has 0 aliphatic carbocycles. The summed E-state index contributed by atoms with van der Waals surface area (Å²) in [6.45, 7) is 3.83. The summed E-state index contributed by atoms with van der Waals surface area (Å²) in [5, 5.41) is 10.2. The third-order valence-electron chi connectivity index (χ3n) is 3.33. The van der Waals surface area contributed by atoms with Crippen molar-refractivity contribution in [2.45, 2.75) is 26.2 Å². The van der Waals surface area contributed by atoms with Crippen molar-refractivity contribution in [2.24, 2.45) is 7.05 Å². The fraction of sp³-hybridized carbons (Fsp3) is 0.357. The number of nitrogens with zero attached hydrogens (tertiary/aromatic N) is 1. The number of rotatable bonds is 3. The smallest absolute Gasteiger partial charge is 0.310 e. The van der Waals surface area contributed by atoms with Gasteiger partial charge in [-0.1, -0.05) is 13.0 Å². The van der Waals surface area contributed by atoms with Gasteiger partial charge in [0.1, 0.15) is 0 Å². The first-order valence-corrected chi connectivity index (χ1v) is 5.85. The summed E-state index contributed by atoms with van der Waals surface area (Å²) in [6, 6.07) is 6.26. The van der Waals surface area contributed by atoms with E-state index in [0.717, 1.165) is 22.9 Å². The zero-order valence-electron chi connectivity index (χ0n) is 10.4. The molecule has 3 heteroatoms. The maximum atomic E-state index is 11.1. The van der Waals surface area contributed by atoms with Gasteiger partial charge in [-0.15, -0.1) is 0 Å². The normalized spacial score (nSPS) is 12.9. The number of aromatic nitrogens is 1. The van der Waals surface area contributed by atoms with Crippen LogP contribution in [-0.2, 0) is 18.3 Å². The molecule has 1 unspecified atom stereocenters. The van der Waals surface area contributed by atoms with E-state index < -0.39 is 11.9 Å². The van der Waals surface area contributed by atoms with E-state index in [9.17, 15) is 4.79 Å². The first-order valence-electron chi connectivity index (χ1n) is 5.85. The van der Waals surface area contributed by atoms with Crippen LogP contribution in [0.2, 0.25) is 0 Å². The van der Waals surface area contributed by atoms with Gasteiger partial charge in [-0.05, 0) is 36.6 Å². The highest BCUT2D eigenvalue weighted by molar-refractivity contribution is 5.90. The summed E-state index contributed by atoms with van der Waals surface area (Å²) in [6.07, 6.45) is 2.88. The molecule has 1 aromatic heterocycles. The van der Waals surface area contributed by atoms with Gasteiger partial charge in [-0.25, -0.2) is 0 Å². The van der Waals surface area contributed by atoms with Crippen LogP contribution in [0.3, 0.4) is 0 Å². The number of aryl methyl sites for hydroxylation is 2. The predicted octanol–water partition coefficient (Wildman–Crippen LogP) is 2.93. The van der Waals surface area contributed by atoms with E-state index in [1.807, 2.05) is 17.8 Å². The number of hydrogen-bond acceptors (Lipinski definition) is 1. The molecule has 2 aromatic rings. The summed E-state index contributed by atoms with van der Waals surface area (Å²) in [7, 11) is 1.95. The van der Waals surface area contributed by atoms with E-state index in [-0.39, 0.29) is 0 Å². The molecule has 1 heterocycles. The van der Waals surface area contributed by atoms with Gasteiger partial charge >= 0.3 is 5.97 Å². The number of carboxylic acids is 1. The zero-order valence-corrected chi connectivity index (χ0v) is 10.4. The lowest BCUT2D eigenvalue weighted by Crippen LogP contribution is -2.06. The highest BCUT2D eigenvalue weighted by Crippen LogP contribution is 2.28. The number of hydrogen-bond donors (Lipinski definition) is 1. The average molecular weight is 231 g/mol. The van der Waals surface area contributed by atoms with Crippen LogP contribution in [0.1, 0.15) is 30.9 Å². The van der Waals surface area contributed by atoms with Crippen LogP contribution in [0.15, 0.2) is 24.4 Å². The summed E-state index contributed by atoms with van der Waals surface area (Å²) in [4.78, 5) is 11.1. The van der Waals surface area contributed by atoms with Crippen LogP contribution in [0.5, 0.6) is 0 Å². The van der Waals surface area contributed by atoms with Crippen LogP contribution in [0, 0.1) is 0 Å². The largest absolute Gasteiger partial charge is 0.481 e. The Kier molecular flexibility index (Phi) is 2.92. The van der Waals surface area contributed by atoms with E-state index in [2.05, 4.69) is 25.1 Å². The van der Waals surface area contributed by atoms with Crippen molar-refractivity contribution in [3.8, 4) is 0 Å². The molecule has 1 aromatic carbocycles. The van der Waals surface area contributed by atoms with Gasteiger partial charge in [0.05, 0.1) is 5.92 Å². The Bertz CT molecular complexity index is 569. The molecule has 0 bridgehead atoms. The van der Waals surface area contributed by atoms with Gasteiger partial charge in [0.2, 0.25) is 0 Å². The topological polar surface area (TPSA) is 42.2 Å². The van der Waals surface area contributed by atoms with Crippen LogP contribution >= 0.6 is 0 Å². The monoisotopic (exact) mass is 231 g/mol. The number of benzene rings is 1. The van der Waals surface area contributed by atoms with Crippen molar-refractivity contribution in [1.29, 1.82) is 0 Å². The first-order chi connectivity index (χ1) is 8.04. The van der Waals surface area contributed by atoms with Crippen molar-refractivity contribution in [2.75, 3.05) is 0 Å². The summed E-state index contributed by atoms with van der Waals surface area (Å²) in [5.41, 5.74) is 3.22. The second-order valence-electron chi connectivity index (χ2n) is 4.46. The fourth-order valence-electron chi connectivity index (χ4n) is 2.17. The molecule has 2 rings (SSSR count). The third kappa shape index (κ3) is 1.93. The van der Waals surface area contributed by atoms with Gasteiger partial charge in [0.15, 0.2) is 0 Å². The van der Waals surface area contributed by atoms with E-state index in [4.69, 9.17) is 5.11 Å². The van der Waals surface area contributed by atoms with Crippen molar-refractivity contribution in [1.82, 2.24) is 4.57 Å². The Morgan fingerprint density at radius 3 is 2.76 bits per heavy atom. The third-order valence-corrected chi connectivity index (χ3v) is 3.33. The Morgan fingerprint density at radius 1 is 1.47 bits per heavy atom. The van der Waals surface area contributed by atoms with E-state index >= 15 is 0 Å².